The molecule has 0 saturated heterocycles. The molecule has 156 valence electrons. The third-order valence-electron chi connectivity index (χ3n) is 3.23. The number of hydrogen-bond donors (Lipinski definition) is 0. The van der Waals surface area contributed by atoms with E-state index in [0.29, 0.717) is 0 Å². The van der Waals surface area contributed by atoms with Crippen molar-refractivity contribution in [2.75, 3.05) is 6.26 Å². The second-order valence-electron chi connectivity index (χ2n) is 5.18. The van der Waals surface area contributed by atoms with Gasteiger partial charge in [0.15, 0.2) is 19.9 Å². The fourth-order valence-electron chi connectivity index (χ4n) is 1.71. The van der Waals surface area contributed by atoms with E-state index >= 15 is 0 Å². The van der Waals surface area contributed by atoms with Gasteiger partial charge in [0.25, 0.3) is 0 Å². The minimum atomic E-state index is -7.10. The molecule has 0 atom stereocenters. The standard InChI is InChI=1S/C13H13S.C3HF7O3S/c1-14(12-8-4-2-5-9-12)13-10-6-3-7-11-13;4-1(5,2(6,7)8)3(9,10)14(11,12)13/h2-11H,1H3;(H,11,12,13)/q+1;/p-1. The summed E-state index contributed by atoms with van der Waals surface area (Å²) in [6.07, 6.45) is -4.56. The minimum Gasteiger partial charge on any atom is -0.743 e. The molecule has 2 aromatic carbocycles. The SMILES string of the molecule is C[S+](c1ccccc1)c1ccccc1.O=S(=O)([O-])C(F)(F)C(F)(F)C(F)(F)F. The van der Waals surface area contributed by atoms with Gasteiger partial charge in [-0.3, -0.25) is 0 Å². The summed E-state index contributed by atoms with van der Waals surface area (Å²) in [7, 11) is -6.89. The summed E-state index contributed by atoms with van der Waals surface area (Å²) in [5, 5.41) is -6.72. The molecular weight excluding hydrogens is 437 g/mol. The van der Waals surface area contributed by atoms with Crippen molar-refractivity contribution in [2.45, 2.75) is 27.1 Å². The Morgan fingerprint density at radius 3 is 1.29 bits per heavy atom. The van der Waals surface area contributed by atoms with Gasteiger partial charge in [-0.05, 0) is 24.3 Å². The average Bonchev–Trinajstić information content (AvgIpc) is 2.61. The van der Waals surface area contributed by atoms with E-state index in [0.717, 1.165) is 0 Å². The summed E-state index contributed by atoms with van der Waals surface area (Å²) in [6.45, 7) is 0. The lowest BCUT2D eigenvalue weighted by molar-refractivity contribution is -0.333. The Bertz CT molecular complexity index is 815. The third kappa shape index (κ3) is 5.39. The van der Waals surface area contributed by atoms with Crippen LogP contribution in [0.3, 0.4) is 0 Å². The predicted octanol–water partition coefficient (Wildman–Crippen LogP) is 4.67. The highest BCUT2D eigenvalue weighted by molar-refractivity contribution is 7.96. The van der Waals surface area contributed by atoms with Gasteiger partial charge in [-0.1, -0.05) is 36.4 Å². The van der Waals surface area contributed by atoms with Crippen LogP contribution in [0.5, 0.6) is 0 Å². The number of halogens is 7. The molecule has 0 aliphatic carbocycles. The van der Waals surface area contributed by atoms with Crippen LogP contribution in [0.15, 0.2) is 70.5 Å². The van der Waals surface area contributed by atoms with Crippen molar-refractivity contribution in [1.82, 2.24) is 0 Å². The van der Waals surface area contributed by atoms with E-state index in [1.165, 1.54) is 9.79 Å². The van der Waals surface area contributed by atoms with Crippen LogP contribution in [0.4, 0.5) is 30.7 Å². The Labute approximate surface area is 159 Å². The first-order valence-electron chi connectivity index (χ1n) is 7.16. The van der Waals surface area contributed by atoms with E-state index in [1.807, 2.05) is 0 Å². The van der Waals surface area contributed by atoms with Crippen molar-refractivity contribution >= 4 is 21.0 Å². The van der Waals surface area contributed by atoms with Gasteiger partial charge in [0.2, 0.25) is 0 Å². The molecule has 28 heavy (non-hydrogen) atoms. The molecule has 0 amide bonds. The van der Waals surface area contributed by atoms with Gasteiger partial charge >= 0.3 is 17.4 Å². The van der Waals surface area contributed by atoms with Crippen molar-refractivity contribution < 1.29 is 43.7 Å². The van der Waals surface area contributed by atoms with Crippen LogP contribution in [-0.4, -0.2) is 36.6 Å². The fourth-order valence-corrected chi connectivity index (χ4v) is 3.54. The van der Waals surface area contributed by atoms with Crippen LogP contribution in [0.2, 0.25) is 0 Å². The first-order chi connectivity index (χ1) is 12.6. The molecule has 0 N–H and O–H groups in total. The molecule has 12 heteroatoms. The smallest absolute Gasteiger partial charge is 0.461 e. The molecule has 2 aromatic rings. The molecule has 0 bridgehead atoms. The van der Waals surface area contributed by atoms with Crippen molar-refractivity contribution in [3.05, 3.63) is 60.7 Å². The third-order valence-corrected chi connectivity index (χ3v) is 6.07. The van der Waals surface area contributed by atoms with E-state index in [1.54, 1.807) is 0 Å². The zero-order valence-corrected chi connectivity index (χ0v) is 15.6. The fraction of sp³-hybridized carbons (Fsp3) is 0.250. The quantitative estimate of drug-likeness (QED) is 0.386. The van der Waals surface area contributed by atoms with Gasteiger partial charge in [0, 0.05) is 0 Å². The maximum atomic E-state index is 11.8. The van der Waals surface area contributed by atoms with E-state index < -0.39 is 27.5 Å². The molecule has 0 radical (unpaired) electrons. The Morgan fingerprint density at radius 1 is 0.750 bits per heavy atom. The summed E-state index contributed by atoms with van der Waals surface area (Å²) >= 11 is 0. The average molecular weight is 450 g/mol. The predicted molar refractivity (Wildman–Crippen MR) is 88.4 cm³/mol. The van der Waals surface area contributed by atoms with Crippen LogP contribution in [0.25, 0.3) is 0 Å². The van der Waals surface area contributed by atoms with Crippen LogP contribution >= 0.6 is 0 Å². The number of rotatable bonds is 4. The number of hydrogen-bond acceptors (Lipinski definition) is 3. The Hall–Kier alpha value is -1.79. The van der Waals surface area contributed by atoms with Gasteiger partial charge in [0.05, 0.1) is 10.9 Å². The van der Waals surface area contributed by atoms with Crippen molar-refractivity contribution in [2.24, 2.45) is 0 Å². The highest BCUT2D eigenvalue weighted by Crippen LogP contribution is 2.48. The van der Waals surface area contributed by atoms with Gasteiger partial charge in [-0.15, -0.1) is 0 Å². The molecule has 0 heterocycles. The summed E-state index contributed by atoms with van der Waals surface area (Å²) in [5.41, 5.74) is 0. The van der Waals surface area contributed by atoms with Crippen molar-refractivity contribution in [3.8, 4) is 0 Å². The van der Waals surface area contributed by atoms with Crippen LogP contribution in [0.1, 0.15) is 0 Å². The number of benzene rings is 2. The highest BCUT2D eigenvalue weighted by atomic mass is 32.2. The summed E-state index contributed by atoms with van der Waals surface area (Å²) in [5.74, 6) is -6.92. The molecule has 0 saturated carbocycles. The Kier molecular flexibility index (Phi) is 7.53. The molecule has 0 aromatic heterocycles. The van der Waals surface area contributed by atoms with E-state index in [4.69, 9.17) is 0 Å². The summed E-state index contributed by atoms with van der Waals surface area (Å²) < 4.78 is 109. The highest BCUT2D eigenvalue weighted by Gasteiger charge is 2.76. The lowest BCUT2D eigenvalue weighted by atomic mass is 10.3. The van der Waals surface area contributed by atoms with Crippen LogP contribution < -0.4 is 0 Å². The van der Waals surface area contributed by atoms with Gasteiger partial charge in [-0.25, -0.2) is 8.42 Å². The Morgan fingerprint density at radius 2 is 1.07 bits per heavy atom. The van der Waals surface area contributed by atoms with Gasteiger partial charge in [0.1, 0.15) is 6.26 Å². The maximum absolute atomic E-state index is 11.8. The molecule has 3 nitrogen and oxygen atoms in total. The monoisotopic (exact) mass is 450 g/mol. The lowest BCUT2D eigenvalue weighted by Gasteiger charge is -2.29. The van der Waals surface area contributed by atoms with E-state index in [9.17, 15) is 43.7 Å². The normalized spacial score (nSPS) is 13.1. The molecular formula is C16H13F7O3S2. The zero-order valence-electron chi connectivity index (χ0n) is 14.0. The summed E-state index contributed by atoms with van der Waals surface area (Å²) in [4.78, 5) is 2.80. The second-order valence-corrected chi connectivity index (χ2v) is 8.56. The molecule has 0 aliphatic heterocycles. The largest absolute Gasteiger partial charge is 0.743 e. The molecule has 0 fully saturated rings. The summed E-state index contributed by atoms with van der Waals surface area (Å²) in [6, 6.07) is 21.3. The maximum Gasteiger partial charge on any atom is 0.461 e. The molecule has 0 spiro atoms. The van der Waals surface area contributed by atoms with Crippen molar-refractivity contribution in [3.63, 3.8) is 0 Å². The Balaban J connectivity index is 0.000000280. The molecule has 2 rings (SSSR count). The van der Waals surface area contributed by atoms with Crippen molar-refractivity contribution in [1.29, 1.82) is 0 Å². The van der Waals surface area contributed by atoms with Gasteiger partial charge < -0.3 is 4.55 Å². The minimum absolute atomic E-state index is 0.203. The van der Waals surface area contributed by atoms with E-state index in [-0.39, 0.29) is 10.9 Å². The van der Waals surface area contributed by atoms with E-state index in [2.05, 4.69) is 66.9 Å². The molecule has 0 aliphatic rings. The molecule has 0 unspecified atom stereocenters. The zero-order chi connectivity index (χ0) is 21.8. The first-order valence-corrected chi connectivity index (χ1v) is 10.2. The van der Waals surface area contributed by atoms with Crippen LogP contribution in [-0.2, 0) is 21.0 Å². The second kappa shape index (κ2) is 8.70. The number of alkyl halides is 7. The lowest BCUT2D eigenvalue weighted by Crippen LogP contribution is -2.55. The first kappa shape index (κ1) is 24.2. The topological polar surface area (TPSA) is 57.2 Å². The van der Waals surface area contributed by atoms with Gasteiger partial charge in [-0.2, -0.15) is 30.7 Å². The van der Waals surface area contributed by atoms with Crippen LogP contribution in [0, 0.1) is 0 Å².